The van der Waals surface area contributed by atoms with E-state index in [1.165, 1.54) is 25.7 Å². The van der Waals surface area contributed by atoms with Gasteiger partial charge in [0.1, 0.15) is 0 Å². The highest BCUT2D eigenvalue weighted by Crippen LogP contribution is 2.45. The minimum absolute atomic E-state index is 0.0902. The van der Waals surface area contributed by atoms with E-state index in [0.717, 1.165) is 11.3 Å². The van der Waals surface area contributed by atoms with Gasteiger partial charge in [0.2, 0.25) is 0 Å². The van der Waals surface area contributed by atoms with Gasteiger partial charge in [0.15, 0.2) is 0 Å². The molecule has 1 aliphatic rings. The number of rotatable bonds is 3. The first-order valence-electron chi connectivity index (χ1n) is 7.05. The first-order chi connectivity index (χ1) is 9.19. The summed E-state index contributed by atoms with van der Waals surface area (Å²) >= 11 is 0. The highest BCUT2D eigenvalue weighted by Gasteiger charge is 2.36. The summed E-state index contributed by atoms with van der Waals surface area (Å²) in [6.45, 7) is 2.31. The molecule has 1 unspecified atom stereocenters. The largest absolute Gasteiger partial charge is 0.323 e. The van der Waals surface area contributed by atoms with Crippen molar-refractivity contribution >= 4 is 0 Å². The molecule has 0 aliphatic heterocycles. The SMILES string of the molecule is CC1(C(N)c2cnn(-c3ccccc3)c2)CCCC1. The van der Waals surface area contributed by atoms with Crippen molar-refractivity contribution in [1.82, 2.24) is 9.78 Å². The van der Waals surface area contributed by atoms with Gasteiger partial charge in [-0.05, 0) is 30.4 Å². The van der Waals surface area contributed by atoms with Gasteiger partial charge in [0, 0.05) is 17.8 Å². The predicted octanol–water partition coefficient (Wildman–Crippen LogP) is 3.45. The average Bonchev–Trinajstić information content (AvgIpc) is 3.09. The Bertz CT molecular complexity index is 538. The van der Waals surface area contributed by atoms with E-state index in [-0.39, 0.29) is 11.5 Å². The minimum Gasteiger partial charge on any atom is -0.323 e. The van der Waals surface area contributed by atoms with Crippen LogP contribution in [0.15, 0.2) is 42.7 Å². The molecule has 19 heavy (non-hydrogen) atoms. The van der Waals surface area contributed by atoms with Crippen molar-refractivity contribution in [2.75, 3.05) is 0 Å². The summed E-state index contributed by atoms with van der Waals surface area (Å²) in [5.74, 6) is 0. The molecule has 0 radical (unpaired) electrons. The van der Waals surface area contributed by atoms with Crippen LogP contribution in [0.25, 0.3) is 5.69 Å². The minimum atomic E-state index is 0.0902. The molecule has 0 spiro atoms. The van der Waals surface area contributed by atoms with Crippen molar-refractivity contribution in [3.05, 3.63) is 48.3 Å². The zero-order chi connectivity index (χ0) is 13.3. The zero-order valence-corrected chi connectivity index (χ0v) is 11.4. The molecule has 3 nitrogen and oxygen atoms in total. The van der Waals surface area contributed by atoms with Crippen LogP contribution < -0.4 is 5.73 Å². The van der Waals surface area contributed by atoms with Crippen molar-refractivity contribution in [3.8, 4) is 5.69 Å². The van der Waals surface area contributed by atoms with Crippen LogP contribution in [0.1, 0.15) is 44.2 Å². The molecule has 100 valence electrons. The van der Waals surface area contributed by atoms with Crippen LogP contribution in [0.5, 0.6) is 0 Å². The van der Waals surface area contributed by atoms with Gasteiger partial charge in [-0.25, -0.2) is 4.68 Å². The third-order valence-electron chi connectivity index (χ3n) is 4.48. The van der Waals surface area contributed by atoms with E-state index in [1.54, 1.807) is 0 Å². The Balaban J connectivity index is 1.85. The van der Waals surface area contributed by atoms with Gasteiger partial charge in [-0.1, -0.05) is 38.0 Å². The molecule has 1 aliphatic carbocycles. The molecule has 2 N–H and O–H groups in total. The van der Waals surface area contributed by atoms with Crippen molar-refractivity contribution in [3.63, 3.8) is 0 Å². The van der Waals surface area contributed by atoms with Crippen LogP contribution in [-0.2, 0) is 0 Å². The lowest BCUT2D eigenvalue weighted by Gasteiger charge is -2.30. The fourth-order valence-electron chi connectivity index (χ4n) is 3.12. The fourth-order valence-corrected chi connectivity index (χ4v) is 3.12. The average molecular weight is 255 g/mol. The first-order valence-corrected chi connectivity index (χ1v) is 7.05. The Morgan fingerprint density at radius 3 is 2.58 bits per heavy atom. The van der Waals surface area contributed by atoms with Crippen LogP contribution in [0, 0.1) is 5.41 Å². The molecule has 1 heterocycles. The third kappa shape index (κ3) is 2.30. The van der Waals surface area contributed by atoms with Crippen molar-refractivity contribution < 1.29 is 0 Å². The number of benzene rings is 1. The Morgan fingerprint density at radius 1 is 1.21 bits per heavy atom. The normalized spacial score (nSPS) is 19.5. The van der Waals surface area contributed by atoms with E-state index in [4.69, 9.17) is 5.73 Å². The second-order valence-corrected chi connectivity index (χ2v) is 5.89. The summed E-state index contributed by atoms with van der Waals surface area (Å²) < 4.78 is 1.91. The standard InChI is InChI=1S/C16H21N3/c1-16(9-5-6-10-16)15(17)13-11-18-19(12-13)14-7-3-2-4-8-14/h2-4,7-8,11-12,15H,5-6,9-10,17H2,1H3. The molecule has 1 aromatic carbocycles. The highest BCUT2D eigenvalue weighted by molar-refractivity contribution is 5.31. The topological polar surface area (TPSA) is 43.8 Å². The van der Waals surface area contributed by atoms with E-state index in [2.05, 4.69) is 30.4 Å². The fraction of sp³-hybridized carbons (Fsp3) is 0.438. The number of hydrogen-bond acceptors (Lipinski definition) is 2. The Kier molecular flexibility index (Phi) is 3.15. The summed E-state index contributed by atoms with van der Waals surface area (Å²) in [7, 11) is 0. The van der Waals surface area contributed by atoms with Gasteiger partial charge < -0.3 is 5.73 Å². The van der Waals surface area contributed by atoms with Crippen molar-refractivity contribution in [2.45, 2.75) is 38.6 Å². The smallest absolute Gasteiger partial charge is 0.0645 e. The summed E-state index contributed by atoms with van der Waals surface area (Å²) in [5, 5.41) is 4.45. The summed E-state index contributed by atoms with van der Waals surface area (Å²) in [5.41, 5.74) is 8.94. The second kappa shape index (κ2) is 4.82. The molecule has 1 saturated carbocycles. The van der Waals surface area contributed by atoms with Gasteiger partial charge >= 0.3 is 0 Å². The summed E-state index contributed by atoms with van der Waals surface area (Å²) in [4.78, 5) is 0. The maximum atomic E-state index is 6.47. The van der Waals surface area contributed by atoms with Gasteiger partial charge in [-0.2, -0.15) is 5.10 Å². The molecule has 3 rings (SSSR count). The molecule has 0 saturated heterocycles. The maximum Gasteiger partial charge on any atom is 0.0645 e. The van der Waals surface area contributed by atoms with E-state index in [9.17, 15) is 0 Å². The summed E-state index contributed by atoms with van der Waals surface area (Å²) in [6.07, 6.45) is 9.05. The Labute approximate surface area is 114 Å². The molecule has 1 atom stereocenters. The van der Waals surface area contributed by atoms with Crippen LogP contribution in [-0.4, -0.2) is 9.78 Å². The van der Waals surface area contributed by atoms with Crippen LogP contribution in [0.3, 0.4) is 0 Å². The lowest BCUT2D eigenvalue weighted by molar-refractivity contribution is 0.265. The number of nitrogens with two attached hydrogens (primary N) is 1. The number of hydrogen-bond donors (Lipinski definition) is 1. The van der Waals surface area contributed by atoms with Crippen molar-refractivity contribution in [2.24, 2.45) is 11.1 Å². The second-order valence-electron chi connectivity index (χ2n) is 5.89. The molecular weight excluding hydrogens is 234 g/mol. The number of aromatic nitrogens is 2. The van der Waals surface area contributed by atoms with Crippen LogP contribution in [0.2, 0.25) is 0 Å². The quantitative estimate of drug-likeness (QED) is 0.912. The molecule has 3 heteroatoms. The Hall–Kier alpha value is -1.61. The van der Waals surface area contributed by atoms with Gasteiger partial charge in [-0.15, -0.1) is 0 Å². The Morgan fingerprint density at radius 2 is 1.89 bits per heavy atom. The van der Waals surface area contributed by atoms with Gasteiger partial charge in [-0.3, -0.25) is 0 Å². The van der Waals surface area contributed by atoms with Crippen LogP contribution in [0.4, 0.5) is 0 Å². The van der Waals surface area contributed by atoms with E-state index in [0.29, 0.717) is 0 Å². The first kappa shape index (κ1) is 12.4. The zero-order valence-electron chi connectivity index (χ0n) is 11.4. The monoisotopic (exact) mass is 255 g/mol. The van der Waals surface area contributed by atoms with E-state index >= 15 is 0 Å². The maximum absolute atomic E-state index is 6.47. The molecule has 1 fully saturated rings. The van der Waals surface area contributed by atoms with E-state index in [1.807, 2.05) is 29.1 Å². The van der Waals surface area contributed by atoms with Gasteiger partial charge in [0.25, 0.3) is 0 Å². The molecule has 0 bridgehead atoms. The number of para-hydroxylation sites is 1. The van der Waals surface area contributed by atoms with Gasteiger partial charge in [0.05, 0.1) is 11.9 Å². The van der Waals surface area contributed by atoms with Crippen LogP contribution >= 0.6 is 0 Å². The molecule has 2 aromatic rings. The lowest BCUT2D eigenvalue weighted by Crippen LogP contribution is -2.29. The third-order valence-corrected chi connectivity index (χ3v) is 4.48. The highest BCUT2D eigenvalue weighted by atomic mass is 15.3. The van der Waals surface area contributed by atoms with Crippen molar-refractivity contribution in [1.29, 1.82) is 0 Å². The predicted molar refractivity (Wildman–Crippen MR) is 77.1 cm³/mol. The molecule has 1 aromatic heterocycles. The van der Waals surface area contributed by atoms with E-state index < -0.39 is 0 Å². The molecular formula is C16H21N3. The summed E-state index contributed by atoms with van der Waals surface area (Å²) in [6, 6.07) is 10.3. The molecule has 0 amide bonds. The number of nitrogens with zero attached hydrogens (tertiary/aromatic N) is 2. The lowest BCUT2D eigenvalue weighted by atomic mass is 9.79.